The molecule has 1 N–H and O–H groups in total. The minimum Gasteiger partial charge on any atom is -0.493 e. The number of carbonyl (C=O) groups is 3. The molecule has 0 aliphatic carbocycles. The summed E-state index contributed by atoms with van der Waals surface area (Å²) in [5.74, 6) is -1.57. The zero-order chi connectivity index (χ0) is 20.6. The number of benzene rings is 1. The van der Waals surface area contributed by atoms with Gasteiger partial charge in [0.15, 0.2) is 18.2 Å². The van der Waals surface area contributed by atoms with Crippen LogP contribution in [-0.2, 0) is 22.6 Å². The number of imide groups is 2. The first-order chi connectivity index (χ1) is 13.1. The number of ether oxygens (including phenoxy) is 2. The lowest BCUT2D eigenvalue weighted by Gasteiger charge is -2.28. The summed E-state index contributed by atoms with van der Waals surface area (Å²) >= 11 is 0. The molecule has 1 aromatic rings. The largest absolute Gasteiger partial charge is 0.493 e. The third-order valence-corrected chi connectivity index (χ3v) is 4.75. The van der Waals surface area contributed by atoms with Crippen molar-refractivity contribution in [1.29, 1.82) is 0 Å². The van der Waals surface area contributed by atoms with Gasteiger partial charge in [-0.2, -0.15) is 13.2 Å². The van der Waals surface area contributed by atoms with Crippen LogP contribution in [0, 0.1) is 0 Å². The number of methoxy groups -OCH3 is 2. The smallest absolute Gasteiger partial charge is 0.406 e. The highest BCUT2D eigenvalue weighted by atomic mass is 19.4. The number of nitrogens with one attached hydrogen (secondary N) is 1. The lowest BCUT2D eigenvalue weighted by molar-refractivity contribution is -0.923. The Hall–Kier alpha value is -2.82. The maximum atomic E-state index is 12.6. The maximum Gasteiger partial charge on any atom is 0.406 e. The Morgan fingerprint density at radius 3 is 2.14 bits per heavy atom. The Balaban J connectivity index is 1.74. The van der Waals surface area contributed by atoms with Crippen LogP contribution in [-0.4, -0.2) is 67.8 Å². The Morgan fingerprint density at radius 2 is 1.57 bits per heavy atom. The van der Waals surface area contributed by atoms with Crippen molar-refractivity contribution >= 4 is 17.8 Å². The van der Waals surface area contributed by atoms with Crippen molar-refractivity contribution in [3.8, 4) is 11.5 Å². The lowest BCUT2D eigenvalue weighted by atomic mass is 9.99. The number of hydrogen-bond donors (Lipinski definition) is 1. The van der Waals surface area contributed by atoms with Crippen LogP contribution in [0.15, 0.2) is 12.1 Å². The molecule has 8 nitrogen and oxygen atoms in total. The van der Waals surface area contributed by atoms with E-state index in [0.717, 1.165) is 16.0 Å². The van der Waals surface area contributed by atoms with Crippen molar-refractivity contribution in [2.75, 3.05) is 34.0 Å². The van der Waals surface area contributed by atoms with Crippen LogP contribution in [0.5, 0.6) is 11.5 Å². The summed E-state index contributed by atoms with van der Waals surface area (Å²) < 4.78 is 48.2. The van der Waals surface area contributed by atoms with Crippen LogP contribution in [0.4, 0.5) is 18.0 Å². The molecule has 0 bridgehead atoms. The van der Waals surface area contributed by atoms with Gasteiger partial charge in [-0.1, -0.05) is 0 Å². The molecule has 0 radical (unpaired) electrons. The highest BCUT2D eigenvalue weighted by molar-refractivity contribution is 6.44. The van der Waals surface area contributed by atoms with E-state index in [1.54, 1.807) is 6.07 Å². The summed E-state index contributed by atoms with van der Waals surface area (Å²) in [6.07, 6.45) is -4.16. The van der Waals surface area contributed by atoms with Crippen LogP contribution < -0.4 is 14.4 Å². The number of carbonyl (C=O) groups excluding carboxylic acids is 3. The molecular formula is C17H19F3N3O5+. The van der Waals surface area contributed by atoms with Crippen LogP contribution in [0.25, 0.3) is 0 Å². The van der Waals surface area contributed by atoms with Gasteiger partial charge in [-0.3, -0.25) is 9.59 Å². The predicted octanol–water partition coefficient (Wildman–Crippen LogP) is -0.0446. The second-order valence-electron chi connectivity index (χ2n) is 6.58. The molecule has 1 atom stereocenters. The molecule has 3 rings (SSSR count). The highest BCUT2D eigenvalue weighted by Gasteiger charge is 2.50. The summed E-state index contributed by atoms with van der Waals surface area (Å²) in [6.45, 7) is -1.01. The molecule has 2 aliphatic heterocycles. The zero-order valence-electron chi connectivity index (χ0n) is 15.3. The van der Waals surface area contributed by atoms with Gasteiger partial charge in [-0.05, 0) is 17.7 Å². The van der Waals surface area contributed by atoms with Crippen molar-refractivity contribution < 1.29 is 41.9 Å². The van der Waals surface area contributed by atoms with E-state index in [9.17, 15) is 27.6 Å². The minimum atomic E-state index is -4.77. The highest BCUT2D eigenvalue weighted by Crippen LogP contribution is 2.31. The van der Waals surface area contributed by atoms with E-state index >= 15 is 0 Å². The molecular weight excluding hydrogens is 383 g/mol. The van der Waals surface area contributed by atoms with E-state index in [2.05, 4.69) is 0 Å². The molecule has 28 heavy (non-hydrogen) atoms. The molecule has 2 aliphatic rings. The van der Waals surface area contributed by atoms with Gasteiger partial charge in [-0.15, -0.1) is 0 Å². The number of quaternary nitrogens is 1. The van der Waals surface area contributed by atoms with Gasteiger partial charge >= 0.3 is 24.0 Å². The van der Waals surface area contributed by atoms with E-state index in [-0.39, 0.29) is 11.6 Å². The number of alkyl halides is 3. The average molecular weight is 402 g/mol. The third kappa shape index (κ3) is 3.75. The monoisotopic (exact) mass is 402 g/mol. The summed E-state index contributed by atoms with van der Waals surface area (Å²) in [7, 11) is 3.03. The summed E-state index contributed by atoms with van der Waals surface area (Å²) in [6, 6.07) is 2.41. The van der Waals surface area contributed by atoms with E-state index < -0.39 is 30.6 Å². The van der Waals surface area contributed by atoms with E-state index in [4.69, 9.17) is 9.47 Å². The fraction of sp³-hybridized carbons (Fsp3) is 0.471. The van der Waals surface area contributed by atoms with Gasteiger partial charge in [0.1, 0.15) is 13.1 Å². The molecule has 0 saturated carbocycles. The number of hydrogen-bond acceptors (Lipinski definition) is 5. The van der Waals surface area contributed by atoms with Crippen LogP contribution in [0.2, 0.25) is 0 Å². The number of urea groups is 1. The average Bonchev–Trinajstić information content (AvgIpc) is 2.83. The minimum absolute atomic E-state index is 0.0619. The number of amides is 4. The maximum absolute atomic E-state index is 12.6. The molecule has 2 heterocycles. The molecule has 1 aromatic carbocycles. The van der Waals surface area contributed by atoms with Crippen LogP contribution >= 0.6 is 0 Å². The number of halogens is 3. The molecule has 1 fully saturated rings. The van der Waals surface area contributed by atoms with E-state index in [1.807, 2.05) is 6.07 Å². The quantitative estimate of drug-likeness (QED) is 0.552. The van der Waals surface area contributed by atoms with Gasteiger partial charge in [0.05, 0.1) is 20.8 Å². The van der Waals surface area contributed by atoms with Crippen LogP contribution in [0.1, 0.15) is 11.1 Å². The van der Waals surface area contributed by atoms with Crippen molar-refractivity contribution in [3.05, 3.63) is 23.3 Å². The fourth-order valence-corrected chi connectivity index (χ4v) is 3.40. The number of fused-ring (bicyclic) bond motifs is 1. The normalized spacial score (nSPS) is 19.9. The first-order valence-electron chi connectivity index (χ1n) is 8.46. The summed E-state index contributed by atoms with van der Waals surface area (Å²) in [4.78, 5) is 37.2. The molecule has 11 heteroatoms. The van der Waals surface area contributed by atoms with E-state index in [1.165, 1.54) is 14.2 Å². The number of rotatable bonds is 5. The second kappa shape index (κ2) is 7.30. The topological polar surface area (TPSA) is 80.6 Å². The van der Waals surface area contributed by atoms with E-state index in [0.29, 0.717) is 35.9 Å². The molecule has 0 spiro atoms. The summed E-state index contributed by atoms with van der Waals surface area (Å²) in [5, 5.41) is 0. The van der Waals surface area contributed by atoms with Crippen molar-refractivity contribution in [2.24, 2.45) is 0 Å². The standard InChI is InChI=1S/C17H18F3N3O5/c1-27-12-5-10-3-4-21(7-11(10)6-13(12)28-2)9-23-15(25)14(24)22(16(23)26)8-17(18,19)20/h5-6H,3-4,7-9H2,1-2H3/p+1. The SMILES string of the molecule is COc1cc2c(cc1OC)C[NH+](CN1C(=O)C(=O)N(CC(F)(F)F)C1=O)CC2. The zero-order valence-corrected chi connectivity index (χ0v) is 15.3. The molecule has 1 saturated heterocycles. The Bertz CT molecular complexity index is 827. The van der Waals surface area contributed by atoms with Crippen molar-refractivity contribution in [3.63, 3.8) is 0 Å². The van der Waals surface area contributed by atoms with Gasteiger partial charge in [-0.25, -0.2) is 14.6 Å². The first kappa shape index (κ1) is 19.9. The first-order valence-corrected chi connectivity index (χ1v) is 8.46. The van der Waals surface area contributed by atoms with Crippen molar-refractivity contribution in [1.82, 2.24) is 9.80 Å². The third-order valence-electron chi connectivity index (χ3n) is 4.75. The van der Waals surface area contributed by atoms with Gasteiger partial charge < -0.3 is 14.4 Å². The van der Waals surface area contributed by atoms with Crippen molar-refractivity contribution in [2.45, 2.75) is 19.1 Å². The van der Waals surface area contributed by atoms with Crippen LogP contribution in [0.3, 0.4) is 0 Å². The molecule has 4 amide bonds. The van der Waals surface area contributed by atoms with Gasteiger partial charge in [0.25, 0.3) is 0 Å². The predicted molar refractivity (Wildman–Crippen MR) is 87.7 cm³/mol. The molecule has 0 aromatic heterocycles. The van der Waals surface area contributed by atoms with Gasteiger partial charge in [0.2, 0.25) is 0 Å². The molecule has 152 valence electrons. The summed E-state index contributed by atoms with van der Waals surface area (Å²) in [5.41, 5.74) is 1.94. The Morgan fingerprint density at radius 1 is 1.00 bits per heavy atom. The van der Waals surface area contributed by atoms with Gasteiger partial charge in [0, 0.05) is 12.0 Å². The second-order valence-corrected chi connectivity index (χ2v) is 6.58. The Labute approximate surface area is 158 Å². The fourth-order valence-electron chi connectivity index (χ4n) is 3.40. The number of nitrogens with zero attached hydrogens (tertiary/aromatic N) is 2. The molecule has 1 unspecified atom stereocenters. The Kier molecular flexibility index (Phi) is 5.20. The lowest BCUT2D eigenvalue weighted by Crippen LogP contribution is -3.13.